The molecule has 0 aliphatic carbocycles. The third kappa shape index (κ3) is 4.71. The van der Waals surface area contributed by atoms with Crippen LogP contribution in [0.25, 0.3) is 0 Å². The number of hydrogen-bond acceptors (Lipinski definition) is 2. The van der Waals surface area contributed by atoms with E-state index in [1.807, 2.05) is 0 Å². The molecule has 0 amide bonds. The zero-order chi connectivity index (χ0) is 14.3. The first-order chi connectivity index (χ1) is 8.99. The Balaban J connectivity index is 3.01. The first kappa shape index (κ1) is 15.2. The van der Waals surface area contributed by atoms with E-state index in [-0.39, 0.29) is 18.5 Å². The summed E-state index contributed by atoms with van der Waals surface area (Å²) in [5.74, 6) is 0. The molecule has 2 N–H and O–H groups in total. The van der Waals surface area contributed by atoms with E-state index < -0.39 is 11.7 Å². The maximum Gasteiger partial charge on any atom is 0.416 e. The molecule has 5 heteroatoms. The van der Waals surface area contributed by atoms with E-state index in [9.17, 15) is 13.2 Å². The molecular formula is C14H15F3N2. The summed E-state index contributed by atoms with van der Waals surface area (Å²) >= 11 is 0. The molecule has 0 spiro atoms. The summed E-state index contributed by atoms with van der Waals surface area (Å²) in [7, 11) is 0. The Morgan fingerprint density at radius 1 is 1.32 bits per heavy atom. The van der Waals surface area contributed by atoms with E-state index >= 15 is 0 Å². The third-order valence-corrected chi connectivity index (χ3v) is 2.50. The van der Waals surface area contributed by atoms with E-state index in [2.05, 4.69) is 11.6 Å². The topological polar surface area (TPSA) is 38.4 Å². The van der Waals surface area contributed by atoms with Gasteiger partial charge in [-0.05, 0) is 24.1 Å². The SMILES string of the molecule is C=C/N=C\C=C(\CN)Cc1ccccc1C(F)(F)F. The lowest BCUT2D eigenvalue weighted by Crippen LogP contribution is -2.12. The van der Waals surface area contributed by atoms with Crippen LogP contribution in [0.1, 0.15) is 11.1 Å². The Kier molecular flexibility index (Phi) is 5.51. The van der Waals surface area contributed by atoms with Crippen LogP contribution in [0.5, 0.6) is 0 Å². The normalized spacial score (nSPS) is 12.9. The molecule has 0 unspecified atom stereocenters. The average Bonchev–Trinajstić information content (AvgIpc) is 2.37. The van der Waals surface area contributed by atoms with Gasteiger partial charge in [-0.1, -0.05) is 30.4 Å². The van der Waals surface area contributed by atoms with Gasteiger partial charge in [-0.2, -0.15) is 13.2 Å². The monoisotopic (exact) mass is 268 g/mol. The Bertz CT molecular complexity index is 488. The molecule has 19 heavy (non-hydrogen) atoms. The Morgan fingerprint density at radius 2 is 2.00 bits per heavy atom. The van der Waals surface area contributed by atoms with Crippen molar-refractivity contribution in [2.45, 2.75) is 12.6 Å². The van der Waals surface area contributed by atoms with E-state index in [4.69, 9.17) is 5.73 Å². The predicted molar refractivity (Wildman–Crippen MR) is 71.0 cm³/mol. The number of allylic oxidation sites excluding steroid dienone is 1. The fourth-order valence-corrected chi connectivity index (χ4v) is 1.60. The molecule has 0 heterocycles. The van der Waals surface area contributed by atoms with E-state index in [1.165, 1.54) is 24.5 Å². The van der Waals surface area contributed by atoms with Gasteiger partial charge in [-0.15, -0.1) is 0 Å². The van der Waals surface area contributed by atoms with E-state index in [0.717, 1.165) is 6.07 Å². The highest BCUT2D eigenvalue weighted by Gasteiger charge is 2.32. The maximum absolute atomic E-state index is 12.8. The minimum absolute atomic E-state index is 0.148. The summed E-state index contributed by atoms with van der Waals surface area (Å²) in [6.45, 7) is 3.58. The van der Waals surface area contributed by atoms with Crippen molar-refractivity contribution in [2.24, 2.45) is 10.7 Å². The summed E-state index contributed by atoms with van der Waals surface area (Å²) in [5.41, 5.74) is 5.77. The van der Waals surface area contributed by atoms with Crippen molar-refractivity contribution >= 4 is 6.21 Å². The van der Waals surface area contributed by atoms with Crippen molar-refractivity contribution < 1.29 is 13.2 Å². The first-order valence-electron chi connectivity index (χ1n) is 5.66. The summed E-state index contributed by atoms with van der Waals surface area (Å²) in [6.07, 6.45) is 0.204. The molecule has 102 valence electrons. The van der Waals surface area contributed by atoms with Gasteiger partial charge in [0.1, 0.15) is 0 Å². The van der Waals surface area contributed by atoms with Gasteiger partial charge in [0.25, 0.3) is 0 Å². The standard InChI is InChI=1S/C14H15F3N2/c1-2-19-8-7-11(10-18)9-12-5-3-4-6-13(12)14(15,16)17/h2-8H,1,9-10,18H2/b11-7+,19-8-. The highest BCUT2D eigenvalue weighted by Crippen LogP contribution is 2.32. The molecule has 0 bridgehead atoms. The second-order valence-electron chi connectivity index (χ2n) is 3.84. The van der Waals surface area contributed by atoms with Gasteiger partial charge < -0.3 is 5.73 Å². The molecule has 0 aliphatic heterocycles. The Morgan fingerprint density at radius 3 is 2.58 bits per heavy atom. The van der Waals surface area contributed by atoms with Crippen LogP contribution in [-0.2, 0) is 12.6 Å². The number of halogens is 3. The number of rotatable bonds is 5. The summed E-state index contributed by atoms with van der Waals surface area (Å²) in [5, 5.41) is 0. The van der Waals surface area contributed by atoms with Crippen LogP contribution in [0.4, 0.5) is 13.2 Å². The van der Waals surface area contributed by atoms with Gasteiger partial charge in [0.2, 0.25) is 0 Å². The minimum atomic E-state index is -4.36. The minimum Gasteiger partial charge on any atom is -0.327 e. The molecule has 1 aromatic rings. The predicted octanol–water partition coefficient (Wildman–Crippen LogP) is 3.35. The molecule has 1 aromatic carbocycles. The smallest absolute Gasteiger partial charge is 0.327 e. The number of benzene rings is 1. The van der Waals surface area contributed by atoms with E-state index in [0.29, 0.717) is 5.57 Å². The van der Waals surface area contributed by atoms with Crippen LogP contribution in [-0.4, -0.2) is 12.8 Å². The Hall–Kier alpha value is -1.88. The second kappa shape index (κ2) is 6.89. The van der Waals surface area contributed by atoms with E-state index in [1.54, 1.807) is 12.1 Å². The van der Waals surface area contributed by atoms with Crippen molar-refractivity contribution in [3.05, 3.63) is 59.8 Å². The lowest BCUT2D eigenvalue weighted by molar-refractivity contribution is -0.138. The van der Waals surface area contributed by atoms with Crippen molar-refractivity contribution in [1.82, 2.24) is 0 Å². The van der Waals surface area contributed by atoms with Gasteiger partial charge in [-0.25, -0.2) is 0 Å². The molecular weight excluding hydrogens is 253 g/mol. The summed E-state index contributed by atoms with van der Waals surface area (Å²) in [6, 6.07) is 5.48. The van der Waals surface area contributed by atoms with Crippen LogP contribution < -0.4 is 5.73 Å². The van der Waals surface area contributed by atoms with Crippen LogP contribution in [0, 0.1) is 0 Å². The molecule has 0 aliphatic rings. The van der Waals surface area contributed by atoms with Crippen LogP contribution >= 0.6 is 0 Å². The maximum atomic E-state index is 12.8. The lowest BCUT2D eigenvalue weighted by atomic mass is 9.99. The quantitative estimate of drug-likeness (QED) is 0.817. The van der Waals surface area contributed by atoms with Crippen molar-refractivity contribution in [3.8, 4) is 0 Å². The molecule has 0 aromatic heterocycles. The van der Waals surface area contributed by atoms with Crippen LogP contribution in [0.15, 0.2) is 53.7 Å². The van der Waals surface area contributed by atoms with Crippen LogP contribution in [0.2, 0.25) is 0 Å². The zero-order valence-electron chi connectivity index (χ0n) is 10.3. The lowest BCUT2D eigenvalue weighted by Gasteiger charge is -2.13. The molecule has 0 atom stereocenters. The molecule has 0 saturated heterocycles. The number of hydrogen-bond donors (Lipinski definition) is 1. The summed E-state index contributed by atoms with van der Waals surface area (Å²) in [4.78, 5) is 3.76. The first-order valence-corrected chi connectivity index (χ1v) is 5.66. The fraction of sp³-hybridized carbons (Fsp3) is 0.214. The molecule has 2 nitrogen and oxygen atoms in total. The highest BCUT2D eigenvalue weighted by atomic mass is 19.4. The largest absolute Gasteiger partial charge is 0.416 e. The highest BCUT2D eigenvalue weighted by molar-refractivity contribution is 5.73. The number of nitrogens with zero attached hydrogens (tertiary/aromatic N) is 1. The Labute approximate surface area is 110 Å². The van der Waals surface area contributed by atoms with Crippen LogP contribution in [0.3, 0.4) is 0 Å². The zero-order valence-corrected chi connectivity index (χ0v) is 10.3. The van der Waals surface area contributed by atoms with Gasteiger partial charge in [0.05, 0.1) is 5.56 Å². The van der Waals surface area contributed by atoms with Gasteiger partial charge >= 0.3 is 6.18 Å². The van der Waals surface area contributed by atoms with Gasteiger partial charge in [0, 0.05) is 19.0 Å². The van der Waals surface area contributed by atoms with Crippen molar-refractivity contribution in [1.29, 1.82) is 0 Å². The molecule has 1 rings (SSSR count). The van der Waals surface area contributed by atoms with Crippen molar-refractivity contribution in [3.63, 3.8) is 0 Å². The van der Waals surface area contributed by atoms with Crippen molar-refractivity contribution in [2.75, 3.05) is 6.54 Å². The number of aliphatic imine (C=N–C) groups is 1. The second-order valence-corrected chi connectivity index (χ2v) is 3.84. The third-order valence-electron chi connectivity index (χ3n) is 2.50. The summed E-state index contributed by atoms with van der Waals surface area (Å²) < 4.78 is 38.5. The van der Waals surface area contributed by atoms with Gasteiger partial charge in [-0.3, -0.25) is 4.99 Å². The average molecular weight is 268 g/mol. The van der Waals surface area contributed by atoms with Gasteiger partial charge in [0.15, 0.2) is 0 Å². The number of alkyl halides is 3. The fourth-order valence-electron chi connectivity index (χ4n) is 1.60. The molecule has 0 fully saturated rings. The molecule has 0 radical (unpaired) electrons. The number of nitrogens with two attached hydrogens (primary N) is 1. The molecule has 0 saturated carbocycles.